The number of hydrogen-bond acceptors (Lipinski definition) is 4. The van der Waals surface area contributed by atoms with Gasteiger partial charge in [-0.3, -0.25) is 0 Å². The van der Waals surface area contributed by atoms with Crippen LogP contribution in [-0.4, -0.2) is 22.7 Å². The molecule has 1 fully saturated rings. The number of anilines is 1. The van der Waals surface area contributed by atoms with Crippen LogP contribution in [0.3, 0.4) is 0 Å². The van der Waals surface area contributed by atoms with E-state index in [1.165, 1.54) is 19.1 Å². The van der Waals surface area contributed by atoms with E-state index >= 15 is 0 Å². The van der Waals surface area contributed by atoms with E-state index in [0.717, 1.165) is 6.54 Å². The number of aliphatic hydroxyl groups is 1. The van der Waals surface area contributed by atoms with Crippen LogP contribution in [0.25, 0.3) is 0 Å². The Balaban J connectivity index is 2.15. The second kappa shape index (κ2) is 3.38. The van der Waals surface area contributed by atoms with E-state index in [2.05, 4.69) is 16.8 Å². The third-order valence-corrected chi connectivity index (χ3v) is 2.50. The highest BCUT2D eigenvalue weighted by Crippen LogP contribution is 2.24. The number of rotatable bonds is 2. The van der Waals surface area contributed by atoms with Crippen molar-refractivity contribution in [1.82, 2.24) is 4.98 Å². The summed E-state index contributed by atoms with van der Waals surface area (Å²) in [5, 5.41) is 8.82. The topological polar surface area (TPSA) is 49.5 Å². The minimum absolute atomic E-state index is 0.0499. The fourth-order valence-electron chi connectivity index (χ4n) is 1.72. The summed E-state index contributed by atoms with van der Waals surface area (Å²) in [5.74, 6) is 0. The summed E-state index contributed by atoms with van der Waals surface area (Å²) in [6, 6.07) is 1.15. The van der Waals surface area contributed by atoms with Crippen LogP contribution in [0.5, 0.6) is 0 Å². The van der Waals surface area contributed by atoms with Crippen molar-refractivity contribution in [3.63, 3.8) is 0 Å². The lowest BCUT2D eigenvalue weighted by Crippen LogP contribution is -2.26. The molecule has 1 aliphatic rings. The fraction of sp³-hybridized carbons (Fsp3) is 0.667. The van der Waals surface area contributed by atoms with Crippen molar-refractivity contribution in [2.24, 2.45) is 0 Å². The fourth-order valence-corrected chi connectivity index (χ4v) is 1.72. The zero-order valence-corrected chi connectivity index (χ0v) is 7.73. The molecule has 1 unspecified atom stereocenters. The molecule has 1 aromatic rings. The Hall–Kier alpha value is -1.03. The maximum atomic E-state index is 8.82. The van der Waals surface area contributed by atoms with Crippen LogP contribution in [0.1, 0.15) is 25.5 Å². The van der Waals surface area contributed by atoms with E-state index in [-0.39, 0.29) is 6.61 Å². The van der Waals surface area contributed by atoms with E-state index in [9.17, 15) is 0 Å². The number of aromatic nitrogens is 1. The number of aliphatic hydroxyl groups excluding tert-OH is 1. The van der Waals surface area contributed by atoms with Crippen LogP contribution in [0.4, 0.5) is 6.01 Å². The van der Waals surface area contributed by atoms with Crippen LogP contribution in [0.15, 0.2) is 10.7 Å². The van der Waals surface area contributed by atoms with Crippen molar-refractivity contribution >= 4 is 6.01 Å². The predicted molar refractivity (Wildman–Crippen MR) is 48.5 cm³/mol. The molecule has 0 bridgehead atoms. The van der Waals surface area contributed by atoms with Gasteiger partial charge in [0.15, 0.2) is 0 Å². The number of nitrogens with zero attached hydrogens (tertiary/aromatic N) is 2. The standard InChI is InChI=1S/C9H14N2O2/c1-7-3-2-4-11(7)9-10-8(5-12)6-13-9/h6-7,12H,2-5H2,1H3. The largest absolute Gasteiger partial charge is 0.432 e. The summed E-state index contributed by atoms with van der Waals surface area (Å²) >= 11 is 0. The van der Waals surface area contributed by atoms with Gasteiger partial charge in [0.1, 0.15) is 12.0 Å². The van der Waals surface area contributed by atoms with Crippen LogP contribution in [-0.2, 0) is 6.61 Å². The average Bonchev–Trinajstić information content (AvgIpc) is 2.71. The van der Waals surface area contributed by atoms with Gasteiger partial charge in [0, 0.05) is 12.6 Å². The maximum Gasteiger partial charge on any atom is 0.297 e. The predicted octanol–water partition coefficient (Wildman–Crippen LogP) is 1.16. The molecular formula is C9H14N2O2. The first-order valence-corrected chi connectivity index (χ1v) is 4.63. The van der Waals surface area contributed by atoms with E-state index in [4.69, 9.17) is 9.52 Å². The molecule has 1 aliphatic heterocycles. The van der Waals surface area contributed by atoms with Gasteiger partial charge in [-0.25, -0.2) is 0 Å². The lowest BCUT2D eigenvalue weighted by molar-refractivity contribution is 0.276. The van der Waals surface area contributed by atoms with E-state index in [0.29, 0.717) is 17.8 Å². The second-order valence-corrected chi connectivity index (χ2v) is 3.46. The Bertz CT molecular complexity index is 285. The van der Waals surface area contributed by atoms with E-state index < -0.39 is 0 Å². The normalized spacial score (nSPS) is 22.6. The lowest BCUT2D eigenvalue weighted by atomic mass is 10.2. The Kier molecular flexibility index (Phi) is 2.22. The minimum Gasteiger partial charge on any atom is -0.432 e. The highest BCUT2D eigenvalue weighted by Gasteiger charge is 2.24. The van der Waals surface area contributed by atoms with Crippen molar-refractivity contribution < 1.29 is 9.52 Å². The van der Waals surface area contributed by atoms with Gasteiger partial charge in [-0.1, -0.05) is 0 Å². The van der Waals surface area contributed by atoms with Crippen molar-refractivity contribution in [3.8, 4) is 0 Å². The molecule has 0 radical (unpaired) electrons. The van der Waals surface area contributed by atoms with Crippen molar-refractivity contribution in [2.45, 2.75) is 32.4 Å². The summed E-state index contributed by atoms with van der Waals surface area (Å²) in [6.45, 7) is 3.12. The summed E-state index contributed by atoms with van der Waals surface area (Å²) in [5.41, 5.74) is 0.606. The van der Waals surface area contributed by atoms with Crippen LogP contribution in [0, 0.1) is 0 Å². The minimum atomic E-state index is -0.0499. The van der Waals surface area contributed by atoms with Gasteiger partial charge >= 0.3 is 0 Å². The Labute approximate surface area is 77.2 Å². The van der Waals surface area contributed by atoms with Gasteiger partial charge in [0.25, 0.3) is 6.01 Å². The van der Waals surface area contributed by atoms with Gasteiger partial charge in [0.2, 0.25) is 0 Å². The maximum absolute atomic E-state index is 8.82. The summed E-state index contributed by atoms with van der Waals surface area (Å²) in [7, 11) is 0. The summed E-state index contributed by atoms with van der Waals surface area (Å²) < 4.78 is 5.26. The molecule has 1 aromatic heterocycles. The Morgan fingerprint density at radius 2 is 2.62 bits per heavy atom. The van der Waals surface area contributed by atoms with Crippen molar-refractivity contribution in [3.05, 3.63) is 12.0 Å². The van der Waals surface area contributed by atoms with Crippen molar-refractivity contribution in [2.75, 3.05) is 11.4 Å². The molecule has 13 heavy (non-hydrogen) atoms. The smallest absolute Gasteiger partial charge is 0.297 e. The average molecular weight is 182 g/mol. The molecule has 2 heterocycles. The zero-order valence-electron chi connectivity index (χ0n) is 7.73. The van der Waals surface area contributed by atoms with Gasteiger partial charge < -0.3 is 14.4 Å². The third-order valence-electron chi connectivity index (χ3n) is 2.50. The van der Waals surface area contributed by atoms with Gasteiger partial charge in [-0.15, -0.1) is 0 Å². The Morgan fingerprint density at radius 3 is 3.15 bits per heavy atom. The first-order chi connectivity index (χ1) is 6.31. The van der Waals surface area contributed by atoms with E-state index in [1.54, 1.807) is 0 Å². The first kappa shape index (κ1) is 8.56. The molecule has 1 saturated heterocycles. The second-order valence-electron chi connectivity index (χ2n) is 3.46. The van der Waals surface area contributed by atoms with Gasteiger partial charge in [-0.05, 0) is 19.8 Å². The summed E-state index contributed by atoms with van der Waals surface area (Å²) in [6.07, 6.45) is 3.90. The molecule has 72 valence electrons. The molecular weight excluding hydrogens is 168 g/mol. The first-order valence-electron chi connectivity index (χ1n) is 4.63. The monoisotopic (exact) mass is 182 g/mol. The molecule has 0 saturated carbocycles. The Morgan fingerprint density at radius 1 is 1.77 bits per heavy atom. The third kappa shape index (κ3) is 1.54. The molecule has 4 heteroatoms. The molecule has 0 aliphatic carbocycles. The zero-order chi connectivity index (χ0) is 9.26. The number of oxazole rings is 1. The molecule has 0 amide bonds. The number of hydrogen-bond donors (Lipinski definition) is 1. The molecule has 1 N–H and O–H groups in total. The highest BCUT2D eigenvalue weighted by atomic mass is 16.4. The van der Waals surface area contributed by atoms with Crippen LogP contribution < -0.4 is 4.90 Å². The highest BCUT2D eigenvalue weighted by molar-refractivity contribution is 5.30. The summed E-state index contributed by atoms with van der Waals surface area (Å²) in [4.78, 5) is 6.31. The van der Waals surface area contributed by atoms with Gasteiger partial charge in [-0.2, -0.15) is 4.98 Å². The van der Waals surface area contributed by atoms with Crippen LogP contribution >= 0.6 is 0 Å². The molecule has 1 atom stereocenters. The van der Waals surface area contributed by atoms with Gasteiger partial charge in [0.05, 0.1) is 6.61 Å². The SMILES string of the molecule is CC1CCCN1c1nc(CO)co1. The molecule has 0 spiro atoms. The molecule has 2 rings (SSSR count). The van der Waals surface area contributed by atoms with E-state index in [1.807, 2.05) is 0 Å². The molecule has 4 nitrogen and oxygen atoms in total. The quantitative estimate of drug-likeness (QED) is 0.745. The van der Waals surface area contributed by atoms with Crippen molar-refractivity contribution in [1.29, 1.82) is 0 Å². The molecule has 0 aromatic carbocycles. The lowest BCUT2D eigenvalue weighted by Gasteiger charge is -2.18. The van der Waals surface area contributed by atoms with Crippen LogP contribution in [0.2, 0.25) is 0 Å².